The average molecular weight is 422 g/mol. The highest BCUT2D eigenvalue weighted by Gasteiger charge is 2.33. The molecule has 0 bridgehead atoms. The lowest BCUT2D eigenvalue weighted by molar-refractivity contribution is -0.142. The van der Waals surface area contributed by atoms with Crippen LogP contribution in [0.25, 0.3) is 0 Å². The fourth-order valence-corrected chi connectivity index (χ4v) is 3.76. The summed E-state index contributed by atoms with van der Waals surface area (Å²) in [6.07, 6.45) is 1.79. The number of ether oxygens (including phenoxy) is 3. The summed E-state index contributed by atoms with van der Waals surface area (Å²) in [4.78, 5) is 25.0. The van der Waals surface area contributed by atoms with Crippen LogP contribution in [0.3, 0.4) is 0 Å². The first-order valence-electron chi connectivity index (χ1n) is 10.4. The Balaban J connectivity index is 1.50. The van der Waals surface area contributed by atoms with Gasteiger partial charge in [-0.25, -0.2) is 9.59 Å². The van der Waals surface area contributed by atoms with Gasteiger partial charge in [-0.15, -0.1) is 0 Å². The van der Waals surface area contributed by atoms with Crippen LogP contribution in [-0.2, 0) is 20.9 Å². The summed E-state index contributed by atoms with van der Waals surface area (Å²) in [6, 6.07) is 16.2. The van der Waals surface area contributed by atoms with Crippen molar-refractivity contribution in [2.75, 3.05) is 13.2 Å². The molecule has 2 aromatic carbocycles. The number of amides is 2. The minimum atomic E-state index is -0.633. The number of allylic oxidation sites excluding steroid dienone is 1. The van der Waals surface area contributed by atoms with E-state index in [1.54, 1.807) is 6.92 Å². The molecule has 7 heteroatoms. The molecule has 1 fully saturated rings. The van der Waals surface area contributed by atoms with Crippen molar-refractivity contribution in [2.45, 2.75) is 38.5 Å². The zero-order valence-corrected chi connectivity index (χ0v) is 17.4. The zero-order valence-electron chi connectivity index (χ0n) is 17.4. The van der Waals surface area contributed by atoms with Gasteiger partial charge in [-0.1, -0.05) is 42.5 Å². The SMILES string of the molecule is CC1=C(C(=O)OC[C@H]2CCCO2)[C@H](c2cccc(OCc3ccccc3)c2)NC(=O)N1. The van der Waals surface area contributed by atoms with Crippen molar-refractivity contribution in [3.63, 3.8) is 0 Å². The fourth-order valence-electron chi connectivity index (χ4n) is 3.76. The summed E-state index contributed by atoms with van der Waals surface area (Å²) < 4.78 is 17.0. The van der Waals surface area contributed by atoms with Crippen LogP contribution in [0.2, 0.25) is 0 Å². The molecular weight excluding hydrogens is 396 g/mol. The summed E-state index contributed by atoms with van der Waals surface area (Å²) in [5, 5.41) is 5.49. The maximum Gasteiger partial charge on any atom is 0.338 e. The van der Waals surface area contributed by atoms with E-state index in [1.165, 1.54) is 0 Å². The van der Waals surface area contributed by atoms with E-state index in [2.05, 4.69) is 10.6 Å². The van der Waals surface area contributed by atoms with Crippen molar-refractivity contribution < 1.29 is 23.8 Å². The quantitative estimate of drug-likeness (QED) is 0.666. The second kappa shape index (κ2) is 9.66. The van der Waals surface area contributed by atoms with Gasteiger partial charge in [0.05, 0.1) is 17.7 Å². The van der Waals surface area contributed by atoms with Crippen molar-refractivity contribution in [2.24, 2.45) is 0 Å². The summed E-state index contributed by atoms with van der Waals surface area (Å²) in [5.74, 6) is 0.181. The zero-order chi connectivity index (χ0) is 21.6. The third-order valence-corrected chi connectivity index (χ3v) is 5.35. The standard InChI is InChI=1S/C24H26N2O5/c1-16-21(23(27)31-15-20-11-6-12-29-20)22(26-24(28)25-16)18-9-5-10-19(13-18)30-14-17-7-3-2-4-8-17/h2-5,7-10,13,20,22H,6,11-12,14-15H2,1H3,(H2,25,26,28)/t20-,22+/m1/s1. The van der Waals surface area contributed by atoms with Gasteiger partial charge < -0.3 is 24.8 Å². The highest BCUT2D eigenvalue weighted by Crippen LogP contribution is 2.30. The van der Waals surface area contributed by atoms with Crippen LogP contribution in [0.4, 0.5) is 4.79 Å². The number of rotatable bonds is 7. The molecule has 7 nitrogen and oxygen atoms in total. The van der Waals surface area contributed by atoms with Crippen LogP contribution in [0, 0.1) is 0 Å². The van der Waals surface area contributed by atoms with Gasteiger partial charge in [0.1, 0.15) is 19.0 Å². The first-order chi connectivity index (χ1) is 15.1. The summed E-state index contributed by atoms with van der Waals surface area (Å²) >= 11 is 0. The van der Waals surface area contributed by atoms with Crippen molar-refractivity contribution in [1.82, 2.24) is 10.6 Å². The summed E-state index contributed by atoms with van der Waals surface area (Å²) in [5.41, 5.74) is 2.64. The second-order valence-corrected chi connectivity index (χ2v) is 7.65. The van der Waals surface area contributed by atoms with Crippen molar-refractivity contribution in [1.29, 1.82) is 0 Å². The highest BCUT2D eigenvalue weighted by molar-refractivity contribution is 5.95. The number of hydrogen-bond acceptors (Lipinski definition) is 5. The van der Waals surface area contributed by atoms with Crippen molar-refractivity contribution in [3.05, 3.63) is 77.0 Å². The Labute approximate surface area is 181 Å². The molecule has 2 atom stereocenters. The Morgan fingerprint density at radius 1 is 1.16 bits per heavy atom. The lowest BCUT2D eigenvalue weighted by Crippen LogP contribution is -2.45. The first-order valence-corrected chi connectivity index (χ1v) is 10.4. The van der Waals surface area contributed by atoms with E-state index in [4.69, 9.17) is 14.2 Å². The van der Waals surface area contributed by atoms with Gasteiger partial charge in [0.2, 0.25) is 0 Å². The Bertz CT molecular complexity index is 967. The fraction of sp³-hybridized carbons (Fsp3) is 0.333. The number of carbonyl (C=O) groups is 2. The molecule has 1 saturated heterocycles. The Hall–Kier alpha value is -3.32. The van der Waals surface area contributed by atoms with E-state index in [0.29, 0.717) is 30.2 Å². The number of nitrogens with one attached hydrogen (secondary N) is 2. The lowest BCUT2D eigenvalue weighted by Gasteiger charge is -2.28. The number of benzene rings is 2. The lowest BCUT2D eigenvalue weighted by atomic mass is 9.95. The Kier molecular flexibility index (Phi) is 6.52. The molecule has 2 aliphatic rings. The molecule has 4 rings (SSSR count). The normalized spacial score (nSPS) is 20.7. The molecule has 0 saturated carbocycles. The summed E-state index contributed by atoms with van der Waals surface area (Å²) in [6.45, 7) is 3.02. The van der Waals surface area contributed by atoms with Crippen molar-refractivity contribution in [3.8, 4) is 5.75 Å². The smallest absolute Gasteiger partial charge is 0.338 e. The van der Waals surface area contributed by atoms with E-state index in [9.17, 15) is 9.59 Å². The van der Waals surface area contributed by atoms with Gasteiger partial charge in [0, 0.05) is 12.3 Å². The van der Waals surface area contributed by atoms with Crippen LogP contribution >= 0.6 is 0 Å². The van der Waals surface area contributed by atoms with Gasteiger partial charge in [0.25, 0.3) is 0 Å². The number of urea groups is 1. The average Bonchev–Trinajstić information content (AvgIpc) is 3.30. The van der Waals surface area contributed by atoms with Gasteiger partial charge in [-0.2, -0.15) is 0 Å². The van der Waals surface area contributed by atoms with E-state index in [1.807, 2.05) is 54.6 Å². The molecule has 2 N–H and O–H groups in total. The Morgan fingerprint density at radius 3 is 2.77 bits per heavy atom. The number of carbonyl (C=O) groups excluding carboxylic acids is 2. The van der Waals surface area contributed by atoms with Gasteiger partial charge in [-0.3, -0.25) is 0 Å². The second-order valence-electron chi connectivity index (χ2n) is 7.65. The highest BCUT2D eigenvalue weighted by atomic mass is 16.6. The van der Waals surface area contributed by atoms with Gasteiger partial charge >= 0.3 is 12.0 Å². The monoisotopic (exact) mass is 422 g/mol. The number of hydrogen-bond donors (Lipinski definition) is 2. The molecule has 0 aliphatic carbocycles. The predicted octanol–water partition coefficient (Wildman–Crippen LogP) is 3.62. The van der Waals surface area contributed by atoms with Gasteiger partial charge in [0.15, 0.2) is 0 Å². The topological polar surface area (TPSA) is 85.9 Å². The van der Waals surface area contributed by atoms with Crippen LogP contribution in [0.5, 0.6) is 5.75 Å². The van der Waals surface area contributed by atoms with E-state index in [0.717, 1.165) is 24.0 Å². The third kappa shape index (κ3) is 5.24. The molecule has 162 valence electrons. The first kappa shape index (κ1) is 20.9. The molecule has 0 radical (unpaired) electrons. The van der Waals surface area contributed by atoms with Crippen molar-refractivity contribution >= 4 is 12.0 Å². The van der Waals surface area contributed by atoms with Crippen LogP contribution < -0.4 is 15.4 Å². The third-order valence-electron chi connectivity index (χ3n) is 5.35. The van der Waals surface area contributed by atoms with Gasteiger partial charge in [-0.05, 0) is 43.0 Å². The molecule has 2 aromatic rings. The van der Waals surface area contributed by atoms with Crippen LogP contribution in [-0.4, -0.2) is 31.3 Å². The maximum absolute atomic E-state index is 12.9. The molecule has 0 spiro atoms. The minimum absolute atomic E-state index is 0.0656. The Morgan fingerprint density at radius 2 is 2.00 bits per heavy atom. The minimum Gasteiger partial charge on any atom is -0.489 e. The molecule has 2 heterocycles. The molecule has 2 amide bonds. The maximum atomic E-state index is 12.9. The van der Waals surface area contributed by atoms with Crippen LogP contribution in [0.1, 0.15) is 36.9 Å². The molecule has 0 unspecified atom stereocenters. The van der Waals surface area contributed by atoms with Crippen LogP contribution in [0.15, 0.2) is 65.9 Å². The van der Waals surface area contributed by atoms with E-state index in [-0.39, 0.29) is 18.7 Å². The molecule has 2 aliphatic heterocycles. The summed E-state index contributed by atoms with van der Waals surface area (Å²) in [7, 11) is 0. The molecular formula is C24H26N2O5. The predicted molar refractivity (Wildman–Crippen MR) is 114 cm³/mol. The van der Waals surface area contributed by atoms with E-state index >= 15 is 0 Å². The number of esters is 1. The van der Waals surface area contributed by atoms with E-state index < -0.39 is 12.0 Å². The molecule has 31 heavy (non-hydrogen) atoms. The largest absolute Gasteiger partial charge is 0.489 e. The molecule has 0 aromatic heterocycles.